The van der Waals surface area contributed by atoms with Gasteiger partial charge >= 0.3 is 0 Å². The Balaban J connectivity index is 1.60. The van der Waals surface area contributed by atoms with Crippen molar-refractivity contribution in [3.8, 4) is 5.75 Å². The van der Waals surface area contributed by atoms with Gasteiger partial charge < -0.3 is 9.84 Å². The Labute approximate surface area is 96.2 Å². The van der Waals surface area contributed by atoms with E-state index in [9.17, 15) is 5.11 Å². The summed E-state index contributed by atoms with van der Waals surface area (Å²) < 4.78 is 5.64. The van der Waals surface area contributed by atoms with Gasteiger partial charge in [0.2, 0.25) is 0 Å². The summed E-state index contributed by atoms with van der Waals surface area (Å²) in [5.41, 5.74) is 1.32. The Kier molecular flexibility index (Phi) is 2.60. The topological polar surface area (TPSA) is 29.5 Å². The molecule has 0 radical (unpaired) electrons. The van der Waals surface area contributed by atoms with Crippen LogP contribution >= 0.6 is 0 Å². The molecule has 1 heterocycles. The minimum atomic E-state index is -0.0761. The predicted octanol–water partition coefficient (Wildman–Crippen LogP) is 2.71. The number of aliphatic hydroxyl groups excluding tert-OH is 1. The average molecular weight is 218 g/mol. The van der Waals surface area contributed by atoms with Crippen LogP contribution in [0.4, 0.5) is 0 Å². The molecule has 1 aromatic carbocycles. The van der Waals surface area contributed by atoms with Crippen molar-refractivity contribution < 1.29 is 9.84 Å². The molecule has 2 nitrogen and oxygen atoms in total. The molecule has 16 heavy (non-hydrogen) atoms. The van der Waals surface area contributed by atoms with E-state index in [-0.39, 0.29) is 6.10 Å². The first kappa shape index (κ1) is 10.2. The summed E-state index contributed by atoms with van der Waals surface area (Å²) in [5.74, 6) is 2.12. The van der Waals surface area contributed by atoms with Gasteiger partial charge in [0.25, 0.3) is 0 Å². The van der Waals surface area contributed by atoms with E-state index in [1.807, 2.05) is 12.1 Å². The first-order chi connectivity index (χ1) is 7.84. The Morgan fingerprint density at radius 1 is 1.31 bits per heavy atom. The van der Waals surface area contributed by atoms with Gasteiger partial charge in [-0.25, -0.2) is 0 Å². The number of para-hydroxylation sites is 1. The molecule has 0 bridgehead atoms. The maximum Gasteiger partial charge on any atom is 0.122 e. The molecule has 2 aliphatic rings. The highest BCUT2D eigenvalue weighted by atomic mass is 16.5. The van der Waals surface area contributed by atoms with Gasteiger partial charge in [-0.15, -0.1) is 0 Å². The third-order valence-electron chi connectivity index (χ3n) is 3.78. The van der Waals surface area contributed by atoms with Crippen molar-refractivity contribution in [3.05, 3.63) is 29.8 Å². The fourth-order valence-corrected chi connectivity index (χ4v) is 2.56. The molecule has 1 aliphatic heterocycles. The molecule has 0 spiro atoms. The molecule has 0 amide bonds. The summed E-state index contributed by atoms with van der Waals surface area (Å²) in [7, 11) is 0. The smallest absolute Gasteiger partial charge is 0.122 e. The van der Waals surface area contributed by atoms with Gasteiger partial charge in [-0.3, -0.25) is 0 Å². The zero-order chi connectivity index (χ0) is 11.0. The maximum atomic E-state index is 9.86. The van der Waals surface area contributed by atoms with Crippen molar-refractivity contribution in [2.24, 2.45) is 5.92 Å². The van der Waals surface area contributed by atoms with Gasteiger partial charge in [-0.1, -0.05) is 18.2 Å². The van der Waals surface area contributed by atoms with Crippen molar-refractivity contribution in [1.82, 2.24) is 0 Å². The second-order valence-electron chi connectivity index (χ2n) is 5.03. The molecule has 1 aromatic rings. The molecule has 2 atom stereocenters. The van der Waals surface area contributed by atoms with Gasteiger partial charge in [0.15, 0.2) is 0 Å². The molecule has 0 aromatic heterocycles. The highest BCUT2D eigenvalue weighted by Crippen LogP contribution is 2.39. The van der Waals surface area contributed by atoms with Crippen LogP contribution in [0.5, 0.6) is 5.75 Å². The molecule has 3 rings (SSSR count). The zero-order valence-electron chi connectivity index (χ0n) is 9.43. The lowest BCUT2D eigenvalue weighted by molar-refractivity contribution is 0.134. The highest BCUT2D eigenvalue weighted by Gasteiger charge is 2.31. The van der Waals surface area contributed by atoms with E-state index in [0.29, 0.717) is 11.8 Å². The van der Waals surface area contributed by atoms with Crippen molar-refractivity contribution in [2.45, 2.75) is 37.7 Å². The van der Waals surface area contributed by atoms with Crippen LogP contribution in [-0.2, 0) is 0 Å². The summed E-state index contributed by atoms with van der Waals surface area (Å²) in [6.07, 6.45) is 4.34. The minimum absolute atomic E-state index is 0.0761. The van der Waals surface area contributed by atoms with E-state index in [4.69, 9.17) is 4.74 Å². The zero-order valence-corrected chi connectivity index (χ0v) is 9.43. The van der Waals surface area contributed by atoms with Crippen LogP contribution in [0, 0.1) is 5.92 Å². The average Bonchev–Trinajstić information content (AvgIpc) is 3.08. The van der Waals surface area contributed by atoms with Crippen molar-refractivity contribution in [3.63, 3.8) is 0 Å². The van der Waals surface area contributed by atoms with Crippen LogP contribution in [0.25, 0.3) is 0 Å². The Hall–Kier alpha value is -1.02. The van der Waals surface area contributed by atoms with Gasteiger partial charge in [-0.2, -0.15) is 0 Å². The summed E-state index contributed by atoms with van der Waals surface area (Å²) in [6.45, 7) is 0.788. The van der Waals surface area contributed by atoms with Crippen LogP contribution in [0.1, 0.15) is 37.2 Å². The standard InChI is InChI=1S/C14H18O2/c15-13(10-5-6-10)8-7-11-9-16-14-4-2-1-3-12(11)14/h1-4,10-11,13,15H,5-9H2. The summed E-state index contributed by atoms with van der Waals surface area (Å²) in [4.78, 5) is 0. The first-order valence-electron chi connectivity index (χ1n) is 6.24. The van der Waals surface area contributed by atoms with E-state index in [1.165, 1.54) is 18.4 Å². The van der Waals surface area contributed by atoms with Crippen LogP contribution in [0.2, 0.25) is 0 Å². The van der Waals surface area contributed by atoms with Crippen LogP contribution in [0.3, 0.4) is 0 Å². The fraction of sp³-hybridized carbons (Fsp3) is 0.571. The molecule has 1 aliphatic carbocycles. The number of hydrogen-bond donors (Lipinski definition) is 1. The Morgan fingerprint density at radius 2 is 2.12 bits per heavy atom. The number of aliphatic hydroxyl groups is 1. The predicted molar refractivity (Wildman–Crippen MR) is 62.6 cm³/mol. The Morgan fingerprint density at radius 3 is 2.94 bits per heavy atom. The minimum Gasteiger partial charge on any atom is -0.493 e. The van der Waals surface area contributed by atoms with E-state index < -0.39 is 0 Å². The molecule has 2 heteroatoms. The third kappa shape index (κ3) is 1.94. The van der Waals surface area contributed by atoms with Crippen LogP contribution < -0.4 is 4.74 Å². The van der Waals surface area contributed by atoms with E-state index in [0.717, 1.165) is 25.2 Å². The number of hydrogen-bond acceptors (Lipinski definition) is 2. The molecular weight excluding hydrogens is 200 g/mol. The quantitative estimate of drug-likeness (QED) is 0.842. The number of fused-ring (bicyclic) bond motifs is 1. The molecule has 1 N–H and O–H groups in total. The molecule has 1 saturated carbocycles. The summed E-state index contributed by atoms with van der Waals surface area (Å²) in [5, 5.41) is 9.86. The highest BCUT2D eigenvalue weighted by molar-refractivity contribution is 5.39. The van der Waals surface area contributed by atoms with Gasteiger partial charge in [-0.05, 0) is 37.7 Å². The van der Waals surface area contributed by atoms with Crippen molar-refractivity contribution >= 4 is 0 Å². The monoisotopic (exact) mass is 218 g/mol. The maximum absolute atomic E-state index is 9.86. The lowest BCUT2D eigenvalue weighted by Gasteiger charge is -2.12. The lowest BCUT2D eigenvalue weighted by Crippen LogP contribution is -2.11. The third-order valence-corrected chi connectivity index (χ3v) is 3.78. The van der Waals surface area contributed by atoms with Crippen LogP contribution in [-0.4, -0.2) is 17.8 Å². The first-order valence-corrected chi connectivity index (χ1v) is 6.24. The lowest BCUT2D eigenvalue weighted by atomic mass is 9.94. The van der Waals surface area contributed by atoms with Crippen LogP contribution in [0.15, 0.2) is 24.3 Å². The SMILES string of the molecule is OC(CCC1COc2ccccc21)C1CC1. The molecular formula is C14H18O2. The van der Waals surface area contributed by atoms with E-state index in [2.05, 4.69) is 12.1 Å². The van der Waals surface area contributed by atoms with Gasteiger partial charge in [0, 0.05) is 11.5 Å². The summed E-state index contributed by atoms with van der Waals surface area (Å²) >= 11 is 0. The normalized spacial score (nSPS) is 24.9. The van der Waals surface area contributed by atoms with Crippen molar-refractivity contribution in [2.75, 3.05) is 6.61 Å². The van der Waals surface area contributed by atoms with Crippen molar-refractivity contribution in [1.29, 1.82) is 0 Å². The second-order valence-corrected chi connectivity index (χ2v) is 5.03. The molecule has 1 fully saturated rings. The molecule has 86 valence electrons. The molecule has 0 saturated heterocycles. The molecule has 2 unspecified atom stereocenters. The fourth-order valence-electron chi connectivity index (χ4n) is 2.56. The summed E-state index contributed by atoms with van der Waals surface area (Å²) in [6, 6.07) is 8.27. The van der Waals surface area contributed by atoms with E-state index >= 15 is 0 Å². The largest absolute Gasteiger partial charge is 0.493 e. The van der Waals surface area contributed by atoms with Gasteiger partial charge in [0.1, 0.15) is 5.75 Å². The Bertz CT molecular complexity index is 371. The number of benzene rings is 1. The number of rotatable bonds is 4. The van der Waals surface area contributed by atoms with Gasteiger partial charge in [0.05, 0.1) is 12.7 Å². The van der Waals surface area contributed by atoms with E-state index in [1.54, 1.807) is 0 Å². The number of ether oxygens (including phenoxy) is 1. The second kappa shape index (κ2) is 4.10.